The molecule has 1 aliphatic rings. The Morgan fingerprint density at radius 3 is 2.31 bits per heavy atom. The molecule has 0 saturated heterocycles. The van der Waals surface area contributed by atoms with Crippen LogP contribution < -0.4 is 4.31 Å². The third kappa shape index (κ3) is 2.93. The molecular weight excluding hydrogens is 382 g/mol. The van der Waals surface area contributed by atoms with E-state index in [4.69, 9.17) is 5.10 Å². The van der Waals surface area contributed by atoms with E-state index in [9.17, 15) is 8.42 Å². The van der Waals surface area contributed by atoms with Gasteiger partial charge in [0, 0.05) is 17.3 Å². The van der Waals surface area contributed by atoms with Gasteiger partial charge < -0.3 is 0 Å². The highest BCUT2D eigenvalue weighted by Gasteiger charge is 2.33. The molecule has 0 fully saturated rings. The lowest BCUT2D eigenvalue weighted by molar-refractivity contribution is 0.590. The molecule has 1 aromatic heterocycles. The van der Waals surface area contributed by atoms with Gasteiger partial charge in [-0.1, -0.05) is 54.1 Å². The second-order valence-corrected chi connectivity index (χ2v) is 8.99. The highest BCUT2D eigenvalue weighted by Crippen LogP contribution is 2.41. The van der Waals surface area contributed by atoms with Crippen LogP contribution in [0.15, 0.2) is 90.0 Å². The predicted octanol–water partition coefficient (Wildman–Crippen LogP) is 4.56. The largest absolute Gasteiger partial charge is 0.264 e. The van der Waals surface area contributed by atoms with E-state index in [1.165, 1.54) is 4.31 Å². The first-order valence-electron chi connectivity index (χ1n) is 9.37. The SMILES string of the molecule is Cc1ccc(S(=O)(=O)N2Cc3cn(-c4ccccc4)nc3-c3ccccc32)cc1. The molecule has 0 amide bonds. The van der Waals surface area contributed by atoms with Crippen molar-refractivity contribution in [3.8, 4) is 16.9 Å². The van der Waals surface area contributed by atoms with Crippen LogP contribution in [0.3, 0.4) is 0 Å². The fourth-order valence-corrected chi connectivity index (χ4v) is 5.11. The van der Waals surface area contributed by atoms with Crippen LogP contribution in [-0.2, 0) is 16.6 Å². The monoisotopic (exact) mass is 401 g/mol. The van der Waals surface area contributed by atoms with E-state index in [1.807, 2.05) is 84.5 Å². The van der Waals surface area contributed by atoms with Crippen LogP contribution in [0.4, 0.5) is 5.69 Å². The van der Waals surface area contributed by atoms with E-state index in [0.29, 0.717) is 5.69 Å². The molecule has 5 rings (SSSR count). The molecule has 144 valence electrons. The van der Waals surface area contributed by atoms with Crippen molar-refractivity contribution in [3.63, 3.8) is 0 Å². The number of para-hydroxylation sites is 2. The summed E-state index contributed by atoms with van der Waals surface area (Å²) < 4.78 is 30.2. The lowest BCUT2D eigenvalue weighted by Gasteiger charge is -2.29. The first-order valence-corrected chi connectivity index (χ1v) is 10.8. The van der Waals surface area contributed by atoms with E-state index in [-0.39, 0.29) is 11.4 Å². The number of hydrogen-bond acceptors (Lipinski definition) is 3. The number of rotatable bonds is 3. The number of sulfonamides is 1. The minimum Gasteiger partial charge on any atom is -0.261 e. The van der Waals surface area contributed by atoms with Crippen LogP contribution in [-0.4, -0.2) is 18.2 Å². The highest BCUT2D eigenvalue weighted by molar-refractivity contribution is 7.92. The molecule has 0 aliphatic carbocycles. The van der Waals surface area contributed by atoms with Gasteiger partial charge in [0.25, 0.3) is 10.0 Å². The fourth-order valence-electron chi connectivity index (χ4n) is 3.65. The number of fused-ring (bicyclic) bond motifs is 3. The van der Waals surface area contributed by atoms with Crippen LogP contribution >= 0.6 is 0 Å². The van der Waals surface area contributed by atoms with Crippen LogP contribution in [0.2, 0.25) is 0 Å². The van der Waals surface area contributed by atoms with Crippen molar-refractivity contribution in [3.05, 3.63) is 96.2 Å². The molecule has 1 aliphatic heterocycles. The van der Waals surface area contributed by atoms with Crippen LogP contribution in [0, 0.1) is 6.92 Å². The van der Waals surface area contributed by atoms with Crippen molar-refractivity contribution in [1.82, 2.24) is 9.78 Å². The Morgan fingerprint density at radius 2 is 1.55 bits per heavy atom. The summed E-state index contributed by atoms with van der Waals surface area (Å²) in [5, 5.41) is 4.76. The van der Waals surface area contributed by atoms with E-state index in [0.717, 1.165) is 28.1 Å². The topological polar surface area (TPSA) is 55.2 Å². The smallest absolute Gasteiger partial charge is 0.261 e. The second kappa shape index (κ2) is 6.60. The van der Waals surface area contributed by atoms with Crippen molar-refractivity contribution in [1.29, 1.82) is 0 Å². The summed E-state index contributed by atoms with van der Waals surface area (Å²) in [6.45, 7) is 2.19. The predicted molar refractivity (Wildman–Crippen MR) is 114 cm³/mol. The van der Waals surface area contributed by atoms with Gasteiger partial charge in [0.2, 0.25) is 0 Å². The van der Waals surface area contributed by atoms with Gasteiger partial charge in [-0.05, 0) is 37.3 Å². The molecule has 6 heteroatoms. The Bertz CT molecular complexity index is 1290. The number of aromatic nitrogens is 2. The molecule has 0 radical (unpaired) electrons. The van der Waals surface area contributed by atoms with Gasteiger partial charge in [-0.15, -0.1) is 0 Å². The first-order chi connectivity index (χ1) is 14.0. The molecule has 0 saturated carbocycles. The number of hydrogen-bond donors (Lipinski definition) is 0. The molecular formula is C23H19N3O2S. The Balaban J connectivity index is 1.65. The zero-order valence-electron chi connectivity index (χ0n) is 15.9. The number of aryl methyl sites for hydroxylation is 1. The maximum Gasteiger partial charge on any atom is 0.264 e. The molecule has 3 aromatic carbocycles. The van der Waals surface area contributed by atoms with Gasteiger partial charge >= 0.3 is 0 Å². The summed E-state index contributed by atoms with van der Waals surface area (Å²) in [6.07, 6.45) is 1.91. The van der Waals surface area contributed by atoms with Crippen molar-refractivity contribution < 1.29 is 8.42 Å². The van der Waals surface area contributed by atoms with Crippen LogP contribution in [0.1, 0.15) is 11.1 Å². The molecule has 4 aromatic rings. The Morgan fingerprint density at radius 1 is 0.862 bits per heavy atom. The van der Waals surface area contributed by atoms with E-state index >= 15 is 0 Å². The quantitative estimate of drug-likeness (QED) is 0.506. The summed E-state index contributed by atoms with van der Waals surface area (Å²) >= 11 is 0. The zero-order valence-corrected chi connectivity index (χ0v) is 16.7. The van der Waals surface area contributed by atoms with Crippen LogP contribution in [0.25, 0.3) is 16.9 Å². The molecule has 0 spiro atoms. The van der Waals surface area contributed by atoms with Crippen molar-refractivity contribution in [2.24, 2.45) is 0 Å². The molecule has 0 atom stereocenters. The van der Waals surface area contributed by atoms with E-state index < -0.39 is 10.0 Å². The van der Waals surface area contributed by atoms with Crippen LogP contribution in [0.5, 0.6) is 0 Å². The standard InChI is InChI=1S/C23H19N3O2S/c1-17-11-13-20(14-12-17)29(27,28)26-16-18-15-25(19-7-3-2-4-8-19)24-23(18)21-9-5-6-10-22(21)26/h2-15H,16H2,1H3. The zero-order chi connectivity index (χ0) is 20.0. The third-order valence-electron chi connectivity index (χ3n) is 5.16. The summed E-state index contributed by atoms with van der Waals surface area (Å²) in [5.41, 5.74) is 5.13. The van der Waals surface area contributed by atoms with Gasteiger partial charge in [0.15, 0.2) is 0 Å². The molecule has 5 nitrogen and oxygen atoms in total. The second-order valence-electron chi connectivity index (χ2n) is 7.12. The van der Waals surface area contributed by atoms with Crippen molar-refractivity contribution in [2.75, 3.05) is 4.31 Å². The van der Waals surface area contributed by atoms with Crippen molar-refractivity contribution in [2.45, 2.75) is 18.4 Å². The summed E-state index contributed by atoms with van der Waals surface area (Å²) in [7, 11) is -3.69. The number of nitrogens with zero attached hydrogens (tertiary/aromatic N) is 3. The van der Waals surface area contributed by atoms with Gasteiger partial charge in [-0.2, -0.15) is 5.10 Å². The molecule has 0 unspecified atom stereocenters. The number of benzene rings is 3. The van der Waals surface area contributed by atoms with E-state index in [2.05, 4.69) is 0 Å². The van der Waals surface area contributed by atoms with Gasteiger partial charge in [0.1, 0.15) is 0 Å². The summed E-state index contributed by atoms with van der Waals surface area (Å²) in [6, 6.07) is 24.3. The maximum absolute atomic E-state index is 13.4. The third-order valence-corrected chi connectivity index (χ3v) is 6.94. The lowest BCUT2D eigenvalue weighted by Crippen LogP contribution is -2.33. The highest BCUT2D eigenvalue weighted by atomic mass is 32.2. The fraction of sp³-hybridized carbons (Fsp3) is 0.0870. The average molecular weight is 401 g/mol. The lowest BCUT2D eigenvalue weighted by atomic mass is 10.0. The average Bonchev–Trinajstić information content (AvgIpc) is 3.19. The van der Waals surface area contributed by atoms with Gasteiger partial charge in [-0.3, -0.25) is 4.31 Å². The minimum absolute atomic E-state index is 0.245. The van der Waals surface area contributed by atoms with Gasteiger partial charge in [-0.25, -0.2) is 13.1 Å². The molecule has 2 heterocycles. The van der Waals surface area contributed by atoms with Gasteiger partial charge in [0.05, 0.1) is 28.5 Å². The minimum atomic E-state index is -3.69. The number of anilines is 1. The Labute approximate surface area is 169 Å². The Kier molecular flexibility index (Phi) is 4.03. The molecule has 29 heavy (non-hydrogen) atoms. The first kappa shape index (κ1) is 17.7. The molecule has 0 bridgehead atoms. The Hall–Kier alpha value is -3.38. The molecule has 0 N–H and O–H groups in total. The summed E-state index contributed by atoms with van der Waals surface area (Å²) in [5.74, 6) is 0. The maximum atomic E-state index is 13.4. The van der Waals surface area contributed by atoms with Crippen molar-refractivity contribution >= 4 is 15.7 Å². The summed E-state index contributed by atoms with van der Waals surface area (Å²) in [4.78, 5) is 0.289. The van der Waals surface area contributed by atoms with E-state index in [1.54, 1.807) is 12.1 Å². The normalized spacial score (nSPS) is 13.1.